The topological polar surface area (TPSA) is 55.1 Å². The summed E-state index contributed by atoms with van der Waals surface area (Å²) in [6.45, 7) is 2.98. The summed E-state index contributed by atoms with van der Waals surface area (Å²) in [6, 6.07) is 6.36. The molecule has 1 amide bonds. The fourth-order valence-electron chi connectivity index (χ4n) is 2.35. The Kier molecular flexibility index (Phi) is 3.79. The van der Waals surface area contributed by atoms with Gasteiger partial charge >= 0.3 is 0 Å². The van der Waals surface area contributed by atoms with Crippen LogP contribution in [0.15, 0.2) is 18.2 Å². The van der Waals surface area contributed by atoms with Crippen molar-refractivity contribution in [3.8, 4) is 0 Å². The van der Waals surface area contributed by atoms with Crippen LogP contribution in [0.25, 0.3) is 0 Å². The minimum Gasteiger partial charge on any atom is -0.330 e. The average molecular weight is 232 g/mol. The van der Waals surface area contributed by atoms with Gasteiger partial charge in [-0.2, -0.15) is 0 Å². The molecule has 1 unspecified atom stereocenters. The number of aryl methyl sites for hydroxylation is 1. The van der Waals surface area contributed by atoms with Gasteiger partial charge in [0.25, 0.3) is 0 Å². The number of carbonyl (C=O) groups excluding carboxylic acids is 1. The Morgan fingerprint density at radius 2 is 2.24 bits per heavy atom. The molecule has 3 N–H and O–H groups in total. The molecule has 0 saturated carbocycles. The number of hydrogen-bond acceptors (Lipinski definition) is 2. The summed E-state index contributed by atoms with van der Waals surface area (Å²) in [7, 11) is 0. The van der Waals surface area contributed by atoms with Crippen LogP contribution >= 0.6 is 0 Å². The summed E-state index contributed by atoms with van der Waals surface area (Å²) in [4.78, 5) is 11.2. The van der Waals surface area contributed by atoms with Crippen molar-refractivity contribution in [2.24, 2.45) is 11.7 Å². The van der Waals surface area contributed by atoms with Gasteiger partial charge in [-0.25, -0.2) is 0 Å². The lowest BCUT2D eigenvalue weighted by molar-refractivity contribution is -0.116. The van der Waals surface area contributed by atoms with E-state index >= 15 is 0 Å². The van der Waals surface area contributed by atoms with E-state index < -0.39 is 0 Å². The maximum absolute atomic E-state index is 11.2. The monoisotopic (exact) mass is 232 g/mol. The highest BCUT2D eigenvalue weighted by Crippen LogP contribution is 2.24. The van der Waals surface area contributed by atoms with Gasteiger partial charge in [0.2, 0.25) is 5.91 Å². The molecule has 1 aliphatic heterocycles. The lowest BCUT2D eigenvalue weighted by atomic mass is 9.94. The third kappa shape index (κ3) is 3.07. The first-order valence-electron chi connectivity index (χ1n) is 6.30. The first-order chi connectivity index (χ1) is 8.19. The molecule has 0 saturated heterocycles. The summed E-state index contributed by atoms with van der Waals surface area (Å²) < 4.78 is 0. The molecule has 3 heteroatoms. The van der Waals surface area contributed by atoms with Crippen molar-refractivity contribution in [3.63, 3.8) is 0 Å². The van der Waals surface area contributed by atoms with Gasteiger partial charge in [0.05, 0.1) is 0 Å². The van der Waals surface area contributed by atoms with Crippen molar-refractivity contribution in [3.05, 3.63) is 29.3 Å². The van der Waals surface area contributed by atoms with Crippen LogP contribution < -0.4 is 11.1 Å². The second kappa shape index (κ2) is 5.32. The van der Waals surface area contributed by atoms with E-state index in [0.29, 0.717) is 12.3 Å². The minimum absolute atomic E-state index is 0.127. The summed E-state index contributed by atoms with van der Waals surface area (Å²) in [5.74, 6) is 0.748. The molecule has 1 aromatic carbocycles. The second-order valence-electron chi connectivity index (χ2n) is 4.93. The predicted octanol–water partition coefficient (Wildman–Crippen LogP) is 2.10. The van der Waals surface area contributed by atoms with Gasteiger partial charge in [0.1, 0.15) is 0 Å². The Bertz CT molecular complexity index is 415. The van der Waals surface area contributed by atoms with Crippen molar-refractivity contribution < 1.29 is 4.79 Å². The number of amides is 1. The molecule has 0 fully saturated rings. The number of benzene rings is 1. The van der Waals surface area contributed by atoms with Crippen LogP contribution in [0.5, 0.6) is 0 Å². The molecule has 0 radical (unpaired) electrons. The SMILES string of the molecule is CC(CCN)Cc1ccc2c(c1)CCC(=O)N2. The molecule has 0 aromatic heterocycles. The third-order valence-corrected chi connectivity index (χ3v) is 3.31. The minimum atomic E-state index is 0.127. The maximum atomic E-state index is 11.2. The predicted molar refractivity (Wildman–Crippen MR) is 69.9 cm³/mol. The maximum Gasteiger partial charge on any atom is 0.224 e. The van der Waals surface area contributed by atoms with Crippen molar-refractivity contribution in [2.75, 3.05) is 11.9 Å². The molecule has 3 nitrogen and oxygen atoms in total. The number of nitrogens with two attached hydrogens (primary N) is 1. The smallest absolute Gasteiger partial charge is 0.224 e. The number of fused-ring (bicyclic) bond motifs is 1. The van der Waals surface area contributed by atoms with Crippen LogP contribution in [-0.2, 0) is 17.6 Å². The van der Waals surface area contributed by atoms with Crippen molar-refractivity contribution >= 4 is 11.6 Å². The van der Waals surface area contributed by atoms with Gasteiger partial charge in [-0.05, 0) is 48.9 Å². The Morgan fingerprint density at radius 1 is 1.41 bits per heavy atom. The lowest BCUT2D eigenvalue weighted by Crippen LogP contribution is -2.19. The normalized spacial score (nSPS) is 16.2. The Morgan fingerprint density at radius 3 is 3.00 bits per heavy atom. The summed E-state index contributed by atoms with van der Waals surface area (Å²) in [5.41, 5.74) is 9.16. The van der Waals surface area contributed by atoms with Crippen LogP contribution in [0.4, 0.5) is 5.69 Å². The quantitative estimate of drug-likeness (QED) is 0.835. The second-order valence-corrected chi connectivity index (χ2v) is 4.93. The van der Waals surface area contributed by atoms with Crippen LogP contribution in [0.3, 0.4) is 0 Å². The molecule has 2 rings (SSSR count). The Hall–Kier alpha value is -1.35. The van der Waals surface area contributed by atoms with Gasteiger partial charge in [-0.1, -0.05) is 19.1 Å². The van der Waals surface area contributed by atoms with E-state index in [1.807, 2.05) is 6.07 Å². The molecular formula is C14H20N2O. The number of anilines is 1. The first-order valence-corrected chi connectivity index (χ1v) is 6.30. The standard InChI is InChI=1S/C14H20N2O/c1-10(6-7-15)8-11-2-4-13-12(9-11)3-5-14(17)16-13/h2,4,9-10H,3,5-8,15H2,1H3,(H,16,17). The lowest BCUT2D eigenvalue weighted by Gasteiger charge is -2.18. The van der Waals surface area contributed by atoms with Gasteiger partial charge in [0.15, 0.2) is 0 Å². The van der Waals surface area contributed by atoms with Gasteiger partial charge in [-0.3, -0.25) is 4.79 Å². The number of nitrogens with one attached hydrogen (secondary N) is 1. The number of hydrogen-bond donors (Lipinski definition) is 2. The van der Waals surface area contributed by atoms with Crippen LogP contribution in [-0.4, -0.2) is 12.5 Å². The van der Waals surface area contributed by atoms with Crippen LogP contribution in [0.1, 0.15) is 30.9 Å². The fourth-order valence-corrected chi connectivity index (χ4v) is 2.35. The first kappa shape index (κ1) is 12.1. The van der Waals surface area contributed by atoms with Crippen LogP contribution in [0.2, 0.25) is 0 Å². The molecule has 0 bridgehead atoms. The summed E-state index contributed by atoms with van der Waals surface area (Å²) >= 11 is 0. The number of rotatable bonds is 4. The van der Waals surface area contributed by atoms with E-state index in [9.17, 15) is 4.79 Å². The molecular weight excluding hydrogens is 212 g/mol. The number of carbonyl (C=O) groups is 1. The Labute approximate surface area is 102 Å². The van der Waals surface area contributed by atoms with Gasteiger partial charge in [-0.15, -0.1) is 0 Å². The molecule has 1 aromatic rings. The molecule has 0 spiro atoms. The molecule has 0 aliphatic carbocycles. The van der Waals surface area contributed by atoms with E-state index in [1.165, 1.54) is 11.1 Å². The van der Waals surface area contributed by atoms with E-state index in [0.717, 1.165) is 31.5 Å². The highest BCUT2D eigenvalue weighted by atomic mass is 16.1. The molecule has 1 aliphatic rings. The average Bonchev–Trinajstić information content (AvgIpc) is 2.29. The van der Waals surface area contributed by atoms with E-state index in [2.05, 4.69) is 24.4 Å². The van der Waals surface area contributed by atoms with Crippen molar-refractivity contribution in [2.45, 2.75) is 32.6 Å². The molecule has 17 heavy (non-hydrogen) atoms. The molecule has 92 valence electrons. The van der Waals surface area contributed by atoms with Gasteiger partial charge < -0.3 is 11.1 Å². The van der Waals surface area contributed by atoms with Crippen LogP contribution in [0, 0.1) is 5.92 Å². The highest BCUT2D eigenvalue weighted by molar-refractivity contribution is 5.93. The van der Waals surface area contributed by atoms with E-state index in [-0.39, 0.29) is 5.91 Å². The summed E-state index contributed by atoms with van der Waals surface area (Å²) in [6.07, 6.45) is 3.60. The third-order valence-electron chi connectivity index (χ3n) is 3.31. The van der Waals surface area contributed by atoms with E-state index in [1.54, 1.807) is 0 Å². The Balaban J connectivity index is 2.08. The largest absolute Gasteiger partial charge is 0.330 e. The van der Waals surface area contributed by atoms with E-state index in [4.69, 9.17) is 5.73 Å². The molecule has 1 atom stereocenters. The highest BCUT2D eigenvalue weighted by Gasteiger charge is 2.15. The fraction of sp³-hybridized carbons (Fsp3) is 0.500. The van der Waals surface area contributed by atoms with Crippen molar-refractivity contribution in [1.29, 1.82) is 0 Å². The molecule has 1 heterocycles. The van der Waals surface area contributed by atoms with Crippen molar-refractivity contribution in [1.82, 2.24) is 0 Å². The zero-order valence-corrected chi connectivity index (χ0v) is 10.3. The zero-order chi connectivity index (χ0) is 12.3. The zero-order valence-electron chi connectivity index (χ0n) is 10.3. The van der Waals surface area contributed by atoms with Gasteiger partial charge in [0, 0.05) is 12.1 Å². The summed E-state index contributed by atoms with van der Waals surface area (Å²) in [5, 5.41) is 2.91.